The molecule has 0 saturated heterocycles. The predicted molar refractivity (Wildman–Crippen MR) is 76.0 cm³/mol. The fourth-order valence-electron chi connectivity index (χ4n) is 1.35. The Morgan fingerprint density at radius 3 is 2.75 bits per heavy atom. The number of carbonyl (C=O) groups excluding carboxylic acids is 1. The summed E-state index contributed by atoms with van der Waals surface area (Å²) >= 11 is 1.48. The van der Waals surface area contributed by atoms with E-state index in [2.05, 4.69) is 10.5 Å². The molecule has 0 radical (unpaired) electrons. The smallest absolute Gasteiger partial charge is 0.265 e. The van der Waals surface area contributed by atoms with Crippen LogP contribution in [0.25, 0.3) is 0 Å². The molecule has 20 heavy (non-hydrogen) atoms. The molecular weight excluding hydrogens is 281 g/mol. The Bertz CT molecular complexity index is 597. The van der Waals surface area contributed by atoms with E-state index in [-0.39, 0.29) is 18.3 Å². The number of rotatable bonds is 5. The molecule has 0 fully saturated rings. The summed E-state index contributed by atoms with van der Waals surface area (Å²) in [5.74, 6) is -0.563. The first-order valence-corrected chi connectivity index (χ1v) is 6.63. The van der Waals surface area contributed by atoms with E-state index in [1.807, 2.05) is 10.8 Å². The third-order valence-electron chi connectivity index (χ3n) is 2.30. The molecule has 1 aromatic carbocycles. The fraction of sp³-hybridized carbons (Fsp3) is 0.0769. The van der Waals surface area contributed by atoms with Crippen molar-refractivity contribution in [2.45, 2.75) is 0 Å². The summed E-state index contributed by atoms with van der Waals surface area (Å²) in [5.41, 5.74) is 6.88. The number of carbonyl (C=O) groups is 1. The summed E-state index contributed by atoms with van der Waals surface area (Å²) < 4.78 is 12.7. The Hall–Kier alpha value is -2.41. The fourth-order valence-corrected chi connectivity index (χ4v) is 2.00. The van der Waals surface area contributed by atoms with E-state index < -0.39 is 5.91 Å². The maximum Gasteiger partial charge on any atom is 0.265 e. The van der Waals surface area contributed by atoms with Gasteiger partial charge >= 0.3 is 0 Å². The number of hydrogen-bond acceptors (Lipinski definition) is 4. The van der Waals surface area contributed by atoms with Crippen LogP contribution in [0.3, 0.4) is 0 Å². The highest BCUT2D eigenvalue weighted by molar-refractivity contribution is 7.08. The van der Waals surface area contributed by atoms with Gasteiger partial charge in [-0.3, -0.25) is 4.79 Å². The van der Waals surface area contributed by atoms with Gasteiger partial charge in [-0.2, -0.15) is 11.3 Å². The summed E-state index contributed by atoms with van der Waals surface area (Å²) in [6, 6.07) is 7.21. The van der Waals surface area contributed by atoms with Crippen LogP contribution in [0.2, 0.25) is 0 Å². The number of nitrogens with one attached hydrogen (secondary N) is 1. The molecule has 0 atom stereocenters. The van der Waals surface area contributed by atoms with Crippen molar-refractivity contribution in [2.75, 3.05) is 11.9 Å². The van der Waals surface area contributed by atoms with Crippen LogP contribution < -0.4 is 11.1 Å². The normalized spacial score (nSPS) is 11.2. The van der Waals surface area contributed by atoms with E-state index in [9.17, 15) is 9.18 Å². The van der Waals surface area contributed by atoms with Crippen LogP contribution in [0.5, 0.6) is 0 Å². The van der Waals surface area contributed by atoms with Gasteiger partial charge in [-0.15, -0.1) is 0 Å². The number of nitrogens with zero attached hydrogens (tertiary/aromatic N) is 1. The van der Waals surface area contributed by atoms with Gasteiger partial charge in [0.1, 0.15) is 5.82 Å². The molecule has 7 heteroatoms. The minimum Gasteiger partial charge on any atom is -0.384 e. The number of amidine groups is 1. The average molecular weight is 293 g/mol. The van der Waals surface area contributed by atoms with Crippen LogP contribution in [-0.4, -0.2) is 18.3 Å². The molecule has 2 aromatic rings. The number of amides is 1. The van der Waals surface area contributed by atoms with Gasteiger partial charge in [-0.05, 0) is 35.7 Å². The van der Waals surface area contributed by atoms with E-state index in [1.165, 1.54) is 35.6 Å². The molecule has 3 N–H and O–H groups in total. The van der Waals surface area contributed by atoms with Crippen molar-refractivity contribution in [3.63, 3.8) is 0 Å². The molecule has 0 aliphatic heterocycles. The van der Waals surface area contributed by atoms with E-state index >= 15 is 0 Å². The second-order valence-electron chi connectivity index (χ2n) is 3.82. The quantitative estimate of drug-likeness (QED) is 0.504. The van der Waals surface area contributed by atoms with Crippen LogP contribution in [0.15, 0.2) is 46.2 Å². The van der Waals surface area contributed by atoms with Gasteiger partial charge in [0.25, 0.3) is 5.91 Å². The van der Waals surface area contributed by atoms with Crippen LogP contribution in [0.1, 0.15) is 5.56 Å². The lowest BCUT2D eigenvalue weighted by Gasteiger charge is -2.04. The number of thiophene rings is 1. The predicted octanol–water partition coefficient (Wildman–Crippen LogP) is 2.16. The molecule has 1 aromatic heterocycles. The van der Waals surface area contributed by atoms with Gasteiger partial charge in [-0.1, -0.05) is 5.16 Å². The number of hydrogen-bond donors (Lipinski definition) is 2. The molecule has 5 nitrogen and oxygen atoms in total. The third kappa shape index (κ3) is 4.06. The number of nitrogens with two attached hydrogens (primary N) is 1. The SMILES string of the molecule is N/C(=N\OCC(=O)Nc1ccc(F)cc1)c1ccsc1. The van der Waals surface area contributed by atoms with Crippen molar-refractivity contribution in [1.82, 2.24) is 0 Å². The lowest BCUT2D eigenvalue weighted by Crippen LogP contribution is -2.19. The first-order chi connectivity index (χ1) is 9.65. The van der Waals surface area contributed by atoms with Crippen molar-refractivity contribution in [3.8, 4) is 0 Å². The summed E-state index contributed by atoms with van der Waals surface area (Å²) in [7, 11) is 0. The van der Waals surface area contributed by atoms with Crippen LogP contribution in [0, 0.1) is 5.82 Å². The number of oxime groups is 1. The van der Waals surface area contributed by atoms with Gasteiger partial charge in [0, 0.05) is 16.6 Å². The van der Waals surface area contributed by atoms with Crippen molar-refractivity contribution in [2.24, 2.45) is 10.9 Å². The van der Waals surface area contributed by atoms with E-state index in [1.54, 1.807) is 6.07 Å². The summed E-state index contributed by atoms with van der Waals surface area (Å²) in [4.78, 5) is 16.4. The lowest BCUT2D eigenvalue weighted by atomic mass is 10.3. The molecule has 1 amide bonds. The molecule has 104 valence electrons. The zero-order chi connectivity index (χ0) is 14.4. The zero-order valence-electron chi connectivity index (χ0n) is 10.4. The Morgan fingerprint density at radius 2 is 2.10 bits per heavy atom. The van der Waals surface area contributed by atoms with Crippen molar-refractivity contribution < 1.29 is 14.0 Å². The van der Waals surface area contributed by atoms with E-state index in [0.717, 1.165) is 5.56 Å². The summed E-state index contributed by atoms with van der Waals surface area (Å²) in [6.45, 7) is -0.276. The van der Waals surface area contributed by atoms with E-state index in [0.29, 0.717) is 5.69 Å². The monoisotopic (exact) mass is 293 g/mol. The van der Waals surface area contributed by atoms with Crippen molar-refractivity contribution in [3.05, 3.63) is 52.5 Å². The number of benzene rings is 1. The maximum absolute atomic E-state index is 12.7. The number of anilines is 1. The average Bonchev–Trinajstić information content (AvgIpc) is 2.95. The highest BCUT2D eigenvalue weighted by atomic mass is 32.1. The van der Waals surface area contributed by atoms with Crippen molar-refractivity contribution in [1.29, 1.82) is 0 Å². The van der Waals surface area contributed by atoms with Gasteiger partial charge in [0.05, 0.1) is 0 Å². The zero-order valence-corrected chi connectivity index (χ0v) is 11.2. The highest BCUT2D eigenvalue weighted by Gasteiger charge is 2.04. The Morgan fingerprint density at radius 1 is 1.35 bits per heavy atom. The molecule has 0 unspecified atom stereocenters. The van der Waals surface area contributed by atoms with Crippen LogP contribution in [0.4, 0.5) is 10.1 Å². The number of halogens is 1. The molecule has 0 aliphatic rings. The molecular formula is C13H12FN3O2S. The standard InChI is InChI=1S/C13H12FN3O2S/c14-10-1-3-11(4-2-10)16-12(18)7-19-17-13(15)9-5-6-20-8-9/h1-6,8H,7H2,(H2,15,17)(H,16,18). The second-order valence-corrected chi connectivity index (χ2v) is 4.60. The summed E-state index contributed by atoms with van der Waals surface area (Å²) in [6.07, 6.45) is 0. The molecule has 2 rings (SSSR count). The Kier molecular flexibility index (Phi) is 4.67. The largest absolute Gasteiger partial charge is 0.384 e. The maximum atomic E-state index is 12.7. The minimum atomic E-state index is -0.404. The minimum absolute atomic E-state index is 0.209. The highest BCUT2D eigenvalue weighted by Crippen LogP contribution is 2.08. The van der Waals surface area contributed by atoms with Gasteiger partial charge < -0.3 is 15.9 Å². The topological polar surface area (TPSA) is 76.7 Å². The Balaban J connectivity index is 1.81. The van der Waals surface area contributed by atoms with E-state index in [4.69, 9.17) is 10.6 Å². The molecule has 0 aliphatic carbocycles. The first kappa shape index (κ1) is 14.0. The Labute approximate surface area is 118 Å². The molecule has 0 spiro atoms. The molecule has 0 saturated carbocycles. The summed E-state index contributed by atoms with van der Waals surface area (Å²) in [5, 5.41) is 9.86. The van der Waals surface area contributed by atoms with Gasteiger partial charge in [0.2, 0.25) is 0 Å². The lowest BCUT2D eigenvalue weighted by molar-refractivity contribution is -0.120. The second kappa shape index (κ2) is 6.67. The van der Waals surface area contributed by atoms with Gasteiger partial charge in [0.15, 0.2) is 12.4 Å². The van der Waals surface area contributed by atoms with Crippen molar-refractivity contribution >= 4 is 28.8 Å². The van der Waals surface area contributed by atoms with Crippen LogP contribution >= 0.6 is 11.3 Å². The third-order valence-corrected chi connectivity index (χ3v) is 2.99. The van der Waals surface area contributed by atoms with Gasteiger partial charge in [-0.25, -0.2) is 4.39 Å². The first-order valence-electron chi connectivity index (χ1n) is 5.68. The molecule has 0 bridgehead atoms. The molecule has 1 heterocycles. The van der Waals surface area contributed by atoms with Crippen LogP contribution in [-0.2, 0) is 9.63 Å².